The van der Waals surface area contributed by atoms with Gasteiger partial charge in [-0.3, -0.25) is 19.9 Å². The van der Waals surface area contributed by atoms with Crippen LogP contribution in [-0.4, -0.2) is 52.4 Å². The predicted octanol–water partition coefficient (Wildman–Crippen LogP) is 1.78. The summed E-state index contributed by atoms with van der Waals surface area (Å²) in [5.41, 5.74) is 1.73. The van der Waals surface area contributed by atoms with Gasteiger partial charge < -0.3 is 5.32 Å². The van der Waals surface area contributed by atoms with Gasteiger partial charge in [0, 0.05) is 6.04 Å². The second-order valence-electron chi connectivity index (χ2n) is 7.87. The molecule has 1 aliphatic heterocycles. The lowest BCUT2D eigenvalue weighted by Gasteiger charge is -2.33. The van der Waals surface area contributed by atoms with Gasteiger partial charge in [0.05, 0.1) is 6.54 Å². The Morgan fingerprint density at radius 3 is 2.48 bits per heavy atom. The smallest absolute Gasteiger partial charge is 0.322 e. The third-order valence-electron chi connectivity index (χ3n) is 6.12. The average molecular weight is 350 g/mol. The van der Waals surface area contributed by atoms with Gasteiger partial charge in [0.25, 0.3) is 11.8 Å². The van der Waals surface area contributed by atoms with E-state index in [4.69, 9.17) is 0 Å². The second-order valence-corrected chi connectivity index (χ2v) is 7.87. The first-order valence-corrected chi connectivity index (χ1v) is 9.65. The van der Waals surface area contributed by atoms with Crippen molar-refractivity contribution in [3.8, 4) is 0 Å². The molecule has 2 N–H and O–H groups in total. The molecule has 7 heteroatoms. The molecule has 0 aromatic heterocycles. The van der Waals surface area contributed by atoms with Crippen LogP contribution in [0.15, 0.2) is 0 Å². The summed E-state index contributed by atoms with van der Waals surface area (Å²) in [5.74, 6) is -0.0244. The van der Waals surface area contributed by atoms with Crippen LogP contribution in [0.2, 0.25) is 0 Å². The number of hydrogen-bond donors (Lipinski definition) is 2. The summed E-state index contributed by atoms with van der Waals surface area (Å²) in [5, 5.41) is 3.73. The van der Waals surface area contributed by atoms with E-state index in [2.05, 4.69) is 22.6 Å². The number of nitrogens with one attached hydrogen (secondary N) is 2. The minimum atomic E-state index is -0.813. The van der Waals surface area contributed by atoms with Crippen LogP contribution in [0, 0.1) is 5.92 Å². The van der Waals surface area contributed by atoms with Crippen molar-refractivity contribution in [3.63, 3.8) is 0 Å². The van der Waals surface area contributed by atoms with Crippen LogP contribution < -0.4 is 10.7 Å². The van der Waals surface area contributed by atoms with Crippen LogP contribution in [-0.2, 0) is 9.59 Å². The van der Waals surface area contributed by atoms with E-state index in [1.807, 2.05) is 6.92 Å². The molecule has 0 aromatic rings. The van der Waals surface area contributed by atoms with E-state index in [-0.39, 0.29) is 18.4 Å². The quantitative estimate of drug-likeness (QED) is 0.741. The van der Waals surface area contributed by atoms with Crippen LogP contribution >= 0.6 is 0 Å². The molecule has 3 fully saturated rings. The zero-order valence-corrected chi connectivity index (χ0v) is 15.3. The van der Waals surface area contributed by atoms with Gasteiger partial charge in [-0.15, -0.1) is 0 Å². The van der Waals surface area contributed by atoms with Crippen molar-refractivity contribution in [2.45, 2.75) is 76.8 Å². The highest BCUT2D eigenvalue weighted by molar-refractivity contribution is 6.08. The third kappa shape index (κ3) is 3.66. The van der Waals surface area contributed by atoms with Crippen molar-refractivity contribution in [1.29, 1.82) is 0 Å². The highest BCUT2D eigenvalue weighted by atomic mass is 16.2. The molecule has 0 atom stereocenters. The topological polar surface area (TPSA) is 81.8 Å². The molecular weight excluding hydrogens is 320 g/mol. The van der Waals surface area contributed by atoms with Gasteiger partial charge in [-0.25, -0.2) is 4.79 Å². The molecule has 0 aromatic carbocycles. The molecule has 0 bridgehead atoms. The Bertz CT molecular complexity index is 536. The van der Waals surface area contributed by atoms with Crippen molar-refractivity contribution < 1.29 is 14.4 Å². The summed E-state index contributed by atoms with van der Waals surface area (Å²) in [7, 11) is 0. The summed E-state index contributed by atoms with van der Waals surface area (Å²) in [6, 6.07) is -0.0677. The first kappa shape index (κ1) is 18.2. The molecule has 1 spiro atoms. The first-order chi connectivity index (χ1) is 11.9. The number of hydrazine groups is 1. The highest BCUT2D eigenvalue weighted by Gasteiger charge is 2.52. The number of rotatable bonds is 5. The van der Waals surface area contributed by atoms with Crippen molar-refractivity contribution in [3.05, 3.63) is 0 Å². The highest BCUT2D eigenvalue weighted by Crippen LogP contribution is 2.35. The molecule has 4 amide bonds. The molecule has 0 radical (unpaired) electrons. The summed E-state index contributed by atoms with van der Waals surface area (Å²) >= 11 is 0. The molecule has 1 heterocycles. The monoisotopic (exact) mass is 350 g/mol. The van der Waals surface area contributed by atoms with Crippen LogP contribution in [0.4, 0.5) is 4.79 Å². The van der Waals surface area contributed by atoms with Crippen molar-refractivity contribution in [1.82, 2.24) is 20.7 Å². The van der Waals surface area contributed by atoms with E-state index in [9.17, 15) is 14.4 Å². The van der Waals surface area contributed by atoms with Gasteiger partial charge in [-0.05, 0) is 51.0 Å². The molecule has 0 unspecified atom stereocenters. The Kier molecular flexibility index (Phi) is 5.32. The van der Waals surface area contributed by atoms with Crippen LogP contribution in [0.3, 0.4) is 0 Å². The lowest BCUT2D eigenvalue weighted by Crippen LogP contribution is -2.53. The fourth-order valence-electron chi connectivity index (χ4n) is 4.43. The Hall–Kier alpha value is -1.63. The van der Waals surface area contributed by atoms with Crippen LogP contribution in [0.25, 0.3) is 0 Å². The summed E-state index contributed by atoms with van der Waals surface area (Å²) in [4.78, 5) is 39.6. The lowest BCUT2D eigenvalue weighted by atomic mass is 9.77. The molecule has 2 aliphatic carbocycles. The molecule has 2 saturated carbocycles. The van der Waals surface area contributed by atoms with E-state index in [0.717, 1.165) is 37.2 Å². The fraction of sp³-hybridized carbons (Fsp3) is 0.833. The third-order valence-corrected chi connectivity index (χ3v) is 6.12. The molecule has 140 valence electrons. The molecule has 3 rings (SSSR count). The first-order valence-electron chi connectivity index (χ1n) is 9.65. The molecule has 25 heavy (non-hydrogen) atoms. The fourth-order valence-corrected chi connectivity index (χ4v) is 4.43. The largest absolute Gasteiger partial charge is 0.344 e. The Morgan fingerprint density at radius 1 is 1.24 bits per heavy atom. The molecule has 3 aliphatic rings. The summed E-state index contributed by atoms with van der Waals surface area (Å²) in [6.07, 6.45) is 7.77. The van der Waals surface area contributed by atoms with Crippen molar-refractivity contribution in [2.75, 3.05) is 13.1 Å². The van der Waals surface area contributed by atoms with Gasteiger partial charge >= 0.3 is 6.03 Å². The van der Waals surface area contributed by atoms with Gasteiger partial charge in [-0.2, -0.15) is 5.01 Å². The maximum Gasteiger partial charge on any atom is 0.344 e. The number of amides is 4. The van der Waals surface area contributed by atoms with E-state index >= 15 is 0 Å². The maximum absolute atomic E-state index is 12.8. The number of likely N-dealkylation sites (N-methyl/N-ethyl adjacent to an activating group) is 1. The predicted molar refractivity (Wildman–Crippen MR) is 93.4 cm³/mol. The number of urea groups is 1. The molecule has 1 saturated heterocycles. The second kappa shape index (κ2) is 7.32. The van der Waals surface area contributed by atoms with Gasteiger partial charge in [0.1, 0.15) is 5.54 Å². The standard InChI is InChI=1S/C18H30N4O3/c1-3-21(14-6-4-5-7-14)12-15(23)20-22-16(24)18(19-17(22)25)10-8-13(2)9-11-18/h13-14H,3-12H2,1-2H3,(H,19,25)(H,20,23). The number of nitrogens with zero attached hydrogens (tertiary/aromatic N) is 2. The van der Waals surface area contributed by atoms with Gasteiger partial charge in [0.2, 0.25) is 0 Å². The SMILES string of the molecule is CCN(CC(=O)NN1C(=O)NC2(CCC(C)CC2)C1=O)C1CCCC1. The number of imide groups is 1. The molecule has 7 nitrogen and oxygen atoms in total. The number of hydrogen-bond acceptors (Lipinski definition) is 4. The van der Waals surface area contributed by atoms with E-state index in [1.165, 1.54) is 12.8 Å². The van der Waals surface area contributed by atoms with E-state index in [0.29, 0.717) is 24.8 Å². The average Bonchev–Trinajstić information content (AvgIpc) is 3.19. The number of carbonyl (C=O) groups excluding carboxylic acids is 3. The zero-order valence-electron chi connectivity index (χ0n) is 15.3. The summed E-state index contributed by atoms with van der Waals surface area (Å²) in [6.45, 7) is 5.22. The number of carbonyl (C=O) groups is 3. The van der Waals surface area contributed by atoms with Gasteiger partial charge in [0.15, 0.2) is 0 Å². The van der Waals surface area contributed by atoms with Crippen LogP contribution in [0.1, 0.15) is 65.2 Å². The zero-order chi connectivity index (χ0) is 18.0. The molecular formula is C18H30N4O3. The van der Waals surface area contributed by atoms with Gasteiger partial charge in [-0.1, -0.05) is 26.7 Å². The maximum atomic E-state index is 12.8. The minimum Gasteiger partial charge on any atom is -0.322 e. The van der Waals surface area contributed by atoms with Crippen molar-refractivity contribution in [2.24, 2.45) is 5.92 Å². The summed E-state index contributed by atoms with van der Waals surface area (Å²) < 4.78 is 0. The minimum absolute atomic E-state index is 0.224. The lowest BCUT2D eigenvalue weighted by molar-refractivity contribution is -0.140. The van der Waals surface area contributed by atoms with Crippen molar-refractivity contribution >= 4 is 17.8 Å². The Morgan fingerprint density at radius 2 is 1.88 bits per heavy atom. The normalized spacial score (nSPS) is 30.4. The van der Waals surface area contributed by atoms with E-state index < -0.39 is 11.6 Å². The van der Waals surface area contributed by atoms with E-state index in [1.54, 1.807) is 0 Å². The Balaban J connectivity index is 1.59. The van der Waals surface area contributed by atoms with Crippen LogP contribution in [0.5, 0.6) is 0 Å². The Labute approximate surface area is 149 Å².